The number of Topliss-reactive ketones (excluding diaryl/α,β-unsaturated/α-hetero) is 1. The lowest BCUT2D eigenvalue weighted by Crippen LogP contribution is -2.67. The molecule has 0 bridgehead atoms. The molecule has 0 heterocycles. The summed E-state index contributed by atoms with van der Waals surface area (Å²) in [5.41, 5.74) is 0.936. The van der Waals surface area contributed by atoms with Gasteiger partial charge in [0.15, 0.2) is 8.07 Å². The van der Waals surface area contributed by atoms with Crippen LogP contribution in [0, 0.1) is 11.8 Å². The molecule has 0 saturated carbocycles. The molecular formula is C26H24OSi. The van der Waals surface area contributed by atoms with Crippen LogP contribution in [0.3, 0.4) is 0 Å². The largest absolute Gasteiger partial charge is 0.285 e. The second-order valence-corrected chi connectivity index (χ2v) is 10.6. The Balaban J connectivity index is 2.34. The maximum atomic E-state index is 11.8. The third-order valence-corrected chi connectivity index (χ3v) is 9.92. The van der Waals surface area contributed by atoms with Crippen molar-refractivity contribution in [2.24, 2.45) is 0 Å². The Bertz CT molecular complexity index is 971. The quantitative estimate of drug-likeness (QED) is 0.276. The number of carbonyl (C=O) groups is 1. The molecular weight excluding hydrogens is 356 g/mol. The second kappa shape index (κ2) is 9.17. The second-order valence-electron chi connectivity index (χ2n) is 6.70. The van der Waals surface area contributed by atoms with Crippen LogP contribution in [-0.2, 0) is 4.79 Å². The van der Waals surface area contributed by atoms with Gasteiger partial charge in [-0.1, -0.05) is 97.8 Å². The van der Waals surface area contributed by atoms with Crippen LogP contribution >= 0.6 is 0 Å². The summed E-state index contributed by atoms with van der Waals surface area (Å²) in [5, 5.41) is 3.86. The lowest BCUT2D eigenvalue weighted by atomic mass is 10.2. The van der Waals surface area contributed by atoms with Crippen molar-refractivity contribution in [1.29, 1.82) is 0 Å². The number of allylic oxidation sites excluding steroid dienone is 1. The predicted octanol–water partition coefficient (Wildman–Crippen LogP) is 3.67. The molecule has 1 nitrogen and oxygen atoms in total. The van der Waals surface area contributed by atoms with Crippen molar-refractivity contribution < 1.29 is 4.79 Å². The van der Waals surface area contributed by atoms with E-state index in [1.807, 2.05) is 37.3 Å². The van der Waals surface area contributed by atoms with Crippen LogP contribution in [0.25, 0.3) is 0 Å². The lowest BCUT2D eigenvalue weighted by Gasteiger charge is -2.33. The van der Waals surface area contributed by atoms with Crippen molar-refractivity contribution in [3.8, 4) is 11.8 Å². The van der Waals surface area contributed by atoms with E-state index in [1.54, 1.807) is 0 Å². The third-order valence-electron chi connectivity index (χ3n) is 5.03. The summed E-state index contributed by atoms with van der Waals surface area (Å²) < 4.78 is 0. The van der Waals surface area contributed by atoms with Crippen LogP contribution in [0.15, 0.2) is 97.6 Å². The molecule has 0 radical (unpaired) electrons. The molecule has 0 unspecified atom stereocenters. The van der Waals surface area contributed by atoms with E-state index in [9.17, 15) is 4.79 Å². The fourth-order valence-corrected chi connectivity index (χ4v) is 8.26. The molecule has 3 aromatic carbocycles. The summed E-state index contributed by atoms with van der Waals surface area (Å²) in [5.74, 6) is 5.94. The van der Waals surface area contributed by atoms with Crippen LogP contribution in [-0.4, -0.2) is 13.9 Å². The van der Waals surface area contributed by atoms with E-state index in [1.165, 1.54) is 15.6 Å². The highest BCUT2D eigenvalue weighted by molar-refractivity contribution is 7.12. The number of hydrogen-bond acceptors (Lipinski definition) is 1. The first-order valence-corrected chi connectivity index (χ1v) is 11.8. The Labute approximate surface area is 168 Å². The number of carbonyl (C=O) groups excluding carboxylic acids is 1. The maximum absolute atomic E-state index is 11.8. The zero-order chi connectivity index (χ0) is 19.8. The zero-order valence-electron chi connectivity index (χ0n) is 16.2. The molecule has 0 saturated heterocycles. The van der Waals surface area contributed by atoms with Gasteiger partial charge in [0, 0.05) is 12.0 Å². The molecule has 0 N–H and O–H groups in total. The molecule has 2 heteroatoms. The average Bonchev–Trinajstić information content (AvgIpc) is 2.77. The topological polar surface area (TPSA) is 17.1 Å². The molecule has 0 aliphatic carbocycles. The van der Waals surface area contributed by atoms with Gasteiger partial charge in [-0.3, -0.25) is 4.79 Å². The summed E-state index contributed by atoms with van der Waals surface area (Å²) in [6, 6.07) is 30.5. The number of benzene rings is 3. The van der Waals surface area contributed by atoms with Crippen molar-refractivity contribution >= 4 is 29.4 Å². The molecule has 0 spiro atoms. The van der Waals surface area contributed by atoms with Crippen molar-refractivity contribution in [1.82, 2.24) is 0 Å². The van der Waals surface area contributed by atoms with Gasteiger partial charge in [-0.15, -0.1) is 6.58 Å². The molecule has 3 rings (SSSR count). The monoisotopic (exact) mass is 380 g/mol. The lowest BCUT2D eigenvalue weighted by molar-refractivity contribution is -0.113. The van der Waals surface area contributed by atoms with E-state index < -0.39 is 8.07 Å². The van der Waals surface area contributed by atoms with E-state index >= 15 is 0 Å². The van der Waals surface area contributed by atoms with Crippen LogP contribution < -0.4 is 15.6 Å². The zero-order valence-corrected chi connectivity index (χ0v) is 17.2. The molecule has 0 fully saturated rings. The number of hydrogen-bond donors (Lipinski definition) is 0. The summed E-state index contributed by atoms with van der Waals surface area (Å²) in [6.45, 7) is 5.92. The van der Waals surface area contributed by atoms with Gasteiger partial charge < -0.3 is 0 Å². The number of ketones is 1. The minimum Gasteiger partial charge on any atom is -0.285 e. The minimum absolute atomic E-state index is 0.0368. The van der Waals surface area contributed by atoms with Gasteiger partial charge in [0.25, 0.3) is 0 Å². The summed E-state index contributed by atoms with van der Waals surface area (Å²) in [4.78, 5) is 11.8. The van der Waals surface area contributed by atoms with E-state index in [0.717, 1.165) is 11.6 Å². The predicted molar refractivity (Wildman–Crippen MR) is 121 cm³/mol. The Morgan fingerprint density at radius 1 is 0.893 bits per heavy atom. The van der Waals surface area contributed by atoms with Crippen LogP contribution in [0.5, 0.6) is 0 Å². The van der Waals surface area contributed by atoms with Gasteiger partial charge in [-0.05, 0) is 33.6 Å². The van der Waals surface area contributed by atoms with Crippen LogP contribution in [0.4, 0.5) is 0 Å². The molecule has 0 atom stereocenters. The number of rotatable bonds is 6. The van der Waals surface area contributed by atoms with Gasteiger partial charge in [-0.2, -0.15) is 0 Å². The van der Waals surface area contributed by atoms with Crippen molar-refractivity contribution in [2.45, 2.75) is 19.4 Å². The minimum atomic E-state index is -2.38. The summed E-state index contributed by atoms with van der Waals surface area (Å²) >= 11 is 0. The van der Waals surface area contributed by atoms with Crippen molar-refractivity contribution in [3.05, 3.63) is 103 Å². The highest BCUT2D eigenvalue weighted by Crippen LogP contribution is 2.15. The van der Waals surface area contributed by atoms with E-state index in [-0.39, 0.29) is 5.78 Å². The fourth-order valence-electron chi connectivity index (χ4n) is 3.67. The highest BCUT2D eigenvalue weighted by Gasteiger charge is 2.39. The van der Waals surface area contributed by atoms with Gasteiger partial charge in [0.2, 0.25) is 5.78 Å². The molecule has 0 aromatic heterocycles. The molecule has 3 aromatic rings. The van der Waals surface area contributed by atoms with Gasteiger partial charge in [0.05, 0.1) is 0 Å². The molecule has 0 aliphatic heterocycles. The Morgan fingerprint density at radius 2 is 1.43 bits per heavy atom. The average molecular weight is 381 g/mol. The molecule has 138 valence electrons. The Morgan fingerprint density at radius 3 is 1.96 bits per heavy atom. The fraction of sp³-hybridized carbons (Fsp3) is 0.115. The van der Waals surface area contributed by atoms with Crippen molar-refractivity contribution in [3.63, 3.8) is 0 Å². The summed E-state index contributed by atoms with van der Waals surface area (Å²) in [6.07, 6.45) is 2.45. The SMILES string of the molecule is C=CC[Si](c1ccccc1)(c1ccccc1)c1ccccc1C#CC(=O)CC. The van der Waals surface area contributed by atoms with Gasteiger partial charge >= 0.3 is 0 Å². The van der Waals surface area contributed by atoms with E-state index in [0.29, 0.717) is 6.42 Å². The first kappa shape index (κ1) is 19.6. The van der Waals surface area contributed by atoms with Crippen LogP contribution in [0.2, 0.25) is 6.04 Å². The van der Waals surface area contributed by atoms with Crippen LogP contribution in [0.1, 0.15) is 18.9 Å². The van der Waals surface area contributed by atoms with E-state index in [2.05, 4.69) is 79.1 Å². The first-order chi connectivity index (χ1) is 13.7. The molecule has 0 aliphatic rings. The Hall–Kier alpha value is -3.15. The third kappa shape index (κ3) is 3.90. The van der Waals surface area contributed by atoms with Gasteiger partial charge in [0.1, 0.15) is 0 Å². The molecule has 28 heavy (non-hydrogen) atoms. The smallest absolute Gasteiger partial charge is 0.205 e. The first-order valence-electron chi connectivity index (χ1n) is 9.58. The highest BCUT2D eigenvalue weighted by atomic mass is 28.3. The van der Waals surface area contributed by atoms with Gasteiger partial charge in [-0.25, -0.2) is 0 Å². The normalized spacial score (nSPS) is 10.6. The Kier molecular flexibility index (Phi) is 6.42. The maximum Gasteiger partial charge on any atom is 0.205 e. The summed E-state index contributed by atoms with van der Waals surface area (Å²) in [7, 11) is -2.38. The van der Waals surface area contributed by atoms with Crippen molar-refractivity contribution in [2.75, 3.05) is 0 Å². The molecule has 0 amide bonds. The van der Waals surface area contributed by atoms with E-state index in [4.69, 9.17) is 0 Å². The standard InChI is InChI=1S/C26H24OSi/c1-3-21-28(24-14-7-5-8-15-24,25-16-9-6-10-17-25)26-18-12-11-13-22(26)19-20-23(27)4-2/h3,5-18H,1,4,21H2,2H3.